The number of amides is 1. The minimum absolute atomic E-state index is 0.280. The van der Waals surface area contributed by atoms with Gasteiger partial charge in [0, 0.05) is 6.20 Å². The molecule has 0 bridgehead atoms. The van der Waals surface area contributed by atoms with Crippen LogP contribution in [-0.4, -0.2) is 15.9 Å². The zero-order chi connectivity index (χ0) is 17.5. The van der Waals surface area contributed by atoms with Crippen LogP contribution in [0.5, 0.6) is 0 Å². The highest BCUT2D eigenvalue weighted by atomic mass is 127. The van der Waals surface area contributed by atoms with E-state index in [1.165, 1.54) is 12.5 Å². The van der Waals surface area contributed by atoms with E-state index in [0.717, 1.165) is 11.3 Å². The van der Waals surface area contributed by atoms with Crippen LogP contribution in [0, 0.1) is 0 Å². The molecule has 0 aliphatic heterocycles. The molecular weight excluding hydrogens is 431 g/mol. The smallest absolute Gasteiger partial charge is 0.269 e. The summed E-state index contributed by atoms with van der Waals surface area (Å²) in [6.07, 6.45) is 2.88. The number of carbonyl (C=O) groups excluding carboxylic acids is 1. The van der Waals surface area contributed by atoms with Gasteiger partial charge < -0.3 is 0 Å². The number of nitrogens with zero attached hydrogens (tertiary/aromatic N) is 3. The molecule has 0 aliphatic rings. The second-order valence-electron chi connectivity index (χ2n) is 5.08. The third-order valence-corrected chi connectivity index (χ3v) is 4.37. The van der Waals surface area contributed by atoms with Crippen molar-refractivity contribution in [3.05, 3.63) is 84.3 Å². The van der Waals surface area contributed by atoms with E-state index >= 15 is 0 Å². The lowest BCUT2D eigenvalue weighted by molar-refractivity contribution is 0.0233. The number of rotatable bonds is 6. The van der Waals surface area contributed by atoms with E-state index in [1.54, 1.807) is 3.11 Å². The normalized spacial score (nSPS) is 10.3. The van der Waals surface area contributed by atoms with Crippen molar-refractivity contribution >= 4 is 40.3 Å². The van der Waals surface area contributed by atoms with Gasteiger partial charge >= 0.3 is 0 Å². The van der Waals surface area contributed by atoms with E-state index < -0.39 is 5.91 Å². The average molecular weight is 446 g/mol. The first-order chi connectivity index (χ1) is 12.3. The minimum atomic E-state index is -0.399. The topological polar surface area (TPSA) is 67.3 Å². The molecule has 1 N–H and O–H groups in total. The highest BCUT2D eigenvalue weighted by Crippen LogP contribution is 2.29. The summed E-state index contributed by atoms with van der Waals surface area (Å²) in [5.41, 5.74) is 4.64. The van der Waals surface area contributed by atoms with Crippen molar-refractivity contribution in [1.29, 1.82) is 0 Å². The zero-order valence-corrected chi connectivity index (χ0v) is 15.3. The SMILES string of the molecule is O=C(NOCc1ccccc1)c1cncnc1N(I)c1ccccc1. The predicted molar refractivity (Wildman–Crippen MR) is 103 cm³/mol. The number of hydrogen-bond acceptors (Lipinski definition) is 5. The van der Waals surface area contributed by atoms with Crippen molar-refractivity contribution < 1.29 is 9.63 Å². The first kappa shape index (κ1) is 17.3. The van der Waals surface area contributed by atoms with Gasteiger partial charge in [-0.2, -0.15) is 0 Å². The van der Waals surface area contributed by atoms with E-state index in [9.17, 15) is 4.79 Å². The van der Waals surface area contributed by atoms with Crippen molar-refractivity contribution in [2.45, 2.75) is 6.61 Å². The molecule has 0 spiro atoms. The summed E-state index contributed by atoms with van der Waals surface area (Å²) in [6, 6.07) is 19.2. The summed E-state index contributed by atoms with van der Waals surface area (Å²) in [5, 5.41) is 0. The van der Waals surface area contributed by atoms with Crippen molar-refractivity contribution in [2.75, 3.05) is 3.11 Å². The number of benzene rings is 2. The van der Waals surface area contributed by atoms with Crippen LogP contribution in [0.4, 0.5) is 11.5 Å². The Balaban J connectivity index is 1.70. The highest BCUT2D eigenvalue weighted by molar-refractivity contribution is 14.1. The second kappa shape index (κ2) is 8.54. The third-order valence-electron chi connectivity index (χ3n) is 3.35. The van der Waals surface area contributed by atoms with Crippen molar-refractivity contribution in [1.82, 2.24) is 15.4 Å². The number of halogens is 1. The molecular formula is C18H15IN4O2. The Morgan fingerprint density at radius 3 is 2.48 bits per heavy atom. The number of nitrogens with one attached hydrogen (secondary N) is 1. The standard InChI is InChI=1S/C18H15IN4O2/c19-23(15-9-5-2-6-10-15)17-16(11-20-13-21-17)18(24)22-25-12-14-7-3-1-4-8-14/h1-11,13H,12H2,(H,22,24). The van der Waals surface area contributed by atoms with Gasteiger partial charge in [0.05, 0.1) is 35.2 Å². The summed E-state index contributed by atoms with van der Waals surface area (Å²) in [5.74, 6) is 0.0896. The first-order valence-corrected chi connectivity index (χ1v) is 8.49. The lowest BCUT2D eigenvalue weighted by atomic mass is 10.2. The van der Waals surface area contributed by atoms with Crippen LogP contribution in [0.3, 0.4) is 0 Å². The highest BCUT2D eigenvalue weighted by Gasteiger charge is 2.18. The largest absolute Gasteiger partial charge is 0.280 e. The number of hydrogen-bond donors (Lipinski definition) is 1. The molecule has 25 heavy (non-hydrogen) atoms. The summed E-state index contributed by atoms with van der Waals surface area (Å²) < 4.78 is 1.80. The van der Waals surface area contributed by atoms with Crippen molar-refractivity contribution in [3.8, 4) is 0 Å². The molecule has 7 heteroatoms. The molecule has 126 valence electrons. The predicted octanol–water partition coefficient (Wildman–Crippen LogP) is 3.83. The number of aromatic nitrogens is 2. The van der Waals surface area contributed by atoms with Gasteiger partial charge in [-0.15, -0.1) is 0 Å². The number of carbonyl (C=O) groups is 1. The molecule has 0 radical (unpaired) electrons. The maximum atomic E-state index is 12.4. The van der Waals surface area contributed by atoms with Crippen molar-refractivity contribution in [3.63, 3.8) is 0 Å². The fraction of sp³-hybridized carbons (Fsp3) is 0.0556. The Kier molecular flexibility index (Phi) is 5.91. The van der Waals surface area contributed by atoms with Crippen LogP contribution in [0.2, 0.25) is 0 Å². The van der Waals surface area contributed by atoms with Gasteiger partial charge in [-0.05, 0) is 17.7 Å². The van der Waals surface area contributed by atoms with Gasteiger partial charge in [0.2, 0.25) is 0 Å². The van der Waals surface area contributed by atoms with Crippen LogP contribution >= 0.6 is 22.9 Å². The maximum Gasteiger partial charge on any atom is 0.280 e. The molecule has 3 rings (SSSR count). The fourth-order valence-corrected chi connectivity index (χ4v) is 2.84. The molecule has 6 nitrogen and oxygen atoms in total. The molecule has 1 amide bonds. The summed E-state index contributed by atoms with van der Waals surface area (Å²) >= 11 is 2.10. The van der Waals surface area contributed by atoms with E-state index in [4.69, 9.17) is 4.84 Å². The van der Waals surface area contributed by atoms with E-state index in [-0.39, 0.29) is 6.61 Å². The number of hydroxylamine groups is 1. The molecule has 0 unspecified atom stereocenters. The molecule has 0 atom stereocenters. The number of para-hydroxylation sites is 1. The van der Waals surface area contributed by atoms with Gasteiger partial charge in [-0.25, -0.2) is 15.4 Å². The van der Waals surface area contributed by atoms with Gasteiger partial charge in [0.25, 0.3) is 5.91 Å². The lowest BCUT2D eigenvalue weighted by Crippen LogP contribution is -2.25. The van der Waals surface area contributed by atoms with Crippen molar-refractivity contribution in [2.24, 2.45) is 0 Å². The quantitative estimate of drug-likeness (QED) is 0.354. The Labute approximate surface area is 159 Å². The molecule has 2 aromatic carbocycles. The summed E-state index contributed by atoms with van der Waals surface area (Å²) in [7, 11) is 0. The van der Waals surface area contributed by atoms with E-state index in [2.05, 4.69) is 38.3 Å². The molecule has 0 aliphatic carbocycles. The monoisotopic (exact) mass is 446 g/mol. The van der Waals surface area contributed by atoms with Gasteiger partial charge in [0.15, 0.2) is 5.82 Å². The summed E-state index contributed by atoms with van der Waals surface area (Å²) in [4.78, 5) is 25.9. The fourth-order valence-electron chi connectivity index (χ4n) is 2.14. The Bertz CT molecular complexity index is 831. The number of anilines is 2. The first-order valence-electron chi connectivity index (χ1n) is 7.52. The van der Waals surface area contributed by atoms with Crippen LogP contribution in [0.1, 0.15) is 15.9 Å². The molecule has 0 saturated carbocycles. The maximum absolute atomic E-state index is 12.4. The zero-order valence-electron chi connectivity index (χ0n) is 13.2. The Morgan fingerprint density at radius 2 is 1.76 bits per heavy atom. The minimum Gasteiger partial charge on any atom is -0.269 e. The van der Waals surface area contributed by atoms with Gasteiger partial charge in [-0.3, -0.25) is 12.7 Å². The summed E-state index contributed by atoms with van der Waals surface area (Å²) in [6.45, 7) is 0.280. The van der Waals surface area contributed by atoms with E-state index in [0.29, 0.717) is 11.4 Å². The second-order valence-corrected chi connectivity index (χ2v) is 6.05. The van der Waals surface area contributed by atoms with Crippen LogP contribution < -0.4 is 8.59 Å². The lowest BCUT2D eigenvalue weighted by Gasteiger charge is -2.18. The van der Waals surface area contributed by atoms with Crippen LogP contribution in [-0.2, 0) is 11.4 Å². The van der Waals surface area contributed by atoms with E-state index in [1.807, 2.05) is 60.7 Å². The van der Waals surface area contributed by atoms with Crippen LogP contribution in [0.25, 0.3) is 0 Å². The molecule has 3 aromatic rings. The van der Waals surface area contributed by atoms with Gasteiger partial charge in [-0.1, -0.05) is 48.5 Å². The third kappa shape index (κ3) is 4.52. The molecule has 0 saturated heterocycles. The molecule has 1 aromatic heterocycles. The Hall–Kier alpha value is -2.52. The van der Waals surface area contributed by atoms with Gasteiger partial charge in [0.1, 0.15) is 11.9 Å². The molecule has 1 heterocycles. The average Bonchev–Trinajstić information content (AvgIpc) is 2.69. The Morgan fingerprint density at radius 1 is 1.08 bits per heavy atom. The van der Waals surface area contributed by atoms with Crippen LogP contribution in [0.15, 0.2) is 73.2 Å². The molecule has 0 fully saturated rings.